The number of hydrogen-bond acceptors (Lipinski definition) is 3. The molecule has 0 spiro atoms. The van der Waals surface area contributed by atoms with E-state index < -0.39 is 0 Å². The fourth-order valence-corrected chi connectivity index (χ4v) is 3.01. The zero-order valence-corrected chi connectivity index (χ0v) is 16.5. The molecule has 144 valence electrons. The highest BCUT2D eigenvalue weighted by Crippen LogP contribution is 2.16. The second kappa shape index (κ2) is 12.1. The summed E-state index contributed by atoms with van der Waals surface area (Å²) in [5.41, 5.74) is 2.37. The molecule has 0 bridgehead atoms. The van der Waals surface area contributed by atoms with Crippen LogP contribution >= 0.6 is 0 Å². The van der Waals surface area contributed by atoms with Gasteiger partial charge in [0.15, 0.2) is 0 Å². The largest absolute Gasteiger partial charge is 0.465 e. The number of carbonyl (C=O) groups is 1. The fraction of sp³-hybridized carbons (Fsp3) is 0.375. The van der Waals surface area contributed by atoms with Crippen LogP contribution in [0.3, 0.4) is 0 Å². The smallest absolute Gasteiger partial charge is 0.327 e. The number of carbonyl (C=O) groups excluding carboxylic acids is 1. The average Bonchev–Trinajstić information content (AvgIpc) is 2.69. The first-order chi connectivity index (χ1) is 13.2. The van der Waals surface area contributed by atoms with E-state index in [9.17, 15) is 4.79 Å². The first-order valence-electron chi connectivity index (χ1n) is 9.89. The molecular weight excluding hydrogens is 334 g/mol. The van der Waals surface area contributed by atoms with Crippen molar-refractivity contribution in [2.45, 2.75) is 52.2 Å². The topological polar surface area (TPSA) is 29.5 Å². The number of unbranched alkanes of at least 4 members (excludes halogenated alkanes) is 2. The minimum absolute atomic E-state index is 0.183. The van der Waals surface area contributed by atoms with Crippen LogP contribution in [0.2, 0.25) is 0 Å². The molecule has 0 fully saturated rings. The van der Waals surface area contributed by atoms with Gasteiger partial charge in [-0.1, -0.05) is 92.6 Å². The van der Waals surface area contributed by atoms with E-state index in [2.05, 4.69) is 42.2 Å². The summed E-state index contributed by atoms with van der Waals surface area (Å²) in [5, 5.41) is 0. The van der Waals surface area contributed by atoms with Crippen molar-refractivity contribution in [3.63, 3.8) is 0 Å². The quantitative estimate of drug-likeness (QED) is 0.305. The van der Waals surface area contributed by atoms with Crippen molar-refractivity contribution in [1.82, 2.24) is 4.90 Å². The zero-order chi connectivity index (χ0) is 19.3. The Labute approximate surface area is 163 Å². The van der Waals surface area contributed by atoms with Gasteiger partial charge in [0.25, 0.3) is 0 Å². The molecule has 0 aliphatic rings. The van der Waals surface area contributed by atoms with Crippen molar-refractivity contribution < 1.29 is 9.53 Å². The van der Waals surface area contributed by atoms with E-state index in [1.807, 2.05) is 49.4 Å². The van der Waals surface area contributed by atoms with Gasteiger partial charge >= 0.3 is 5.97 Å². The van der Waals surface area contributed by atoms with E-state index in [-0.39, 0.29) is 12.0 Å². The summed E-state index contributed by atoms with van der Waals surface area (Å²) in [6.45, 7) is 5.81. The number of allylic oxidation sites excluding steroid dienone is 1. The predicted octanol–water partition coefficient (Wildman–Crippen LogP) is 5.37. The molecule has 0 aliphatic heterocycles. The maximum absolute atomic E-state index is 12.7. The Morgan fingerprint density at radius 3 is 2.00 bits per heavy atom. The maximum Gasteiger partial charge on any atom is 0.327 e. The molecule has 3 nitrogen and oxygen atoms in total. The molecule has 27 heavy (non-hydrogen) atoms. The normalized spacial score (nSPS) is 12.4. The van der Waals surface area contributed by atoms with Gasteiger partial charge in [-0.2, -0.15) is 0 Å². The number of benzene rings is 2. The molecule has 0 N–H and O–H groups in total. The molecule has 2 rings (SSSR count). The predicted molar refractivity (Wildman–Crippen MR) is 111 cm³/mol. The molecule has 2 aromatic carbocycles. The van der Waals surface area contributed by atoms with E-state index in [0.29, 0.717) is 19.7 Å². The van der Waals surface area contributed by atoms with Gasteiger partial charge in [-0.3, -0.25) is 9.69 Å². The summed E-state index contributed by atoms with van der Waals surface area (Å²) in [6, 6.07) is 20.2. The molecule has 0 saturated heterocycles. The van der Waals surface area contributed by atoms with Gasteiger partial charge in [-0.25, -0.2) is 0 Å². The van der Waals surface area contributed by atoms with E-state index in [0.717, 1.165) is 19.3 Å². The lowest BCUT2D eigenvalue weighted by Gasteiger charge is -2.28. The van der Waals surface area contributed by atoms with Gasteiger partial charge in [-0.15, -0.1) is 0 Å². The second-order valence-corrected chi connectivity index (χ2v) is 6.64. The van der Waals surface area contributed by atoms with E-state index in [1.165, 1.54) is 11.1 Å². The van der Waals surface area contributed by atoms with Crippen molar-refractivity contribution in [3.8, 4) is 0 Å². The van der Waals surface area contributed by atoms with Crippen LogP contribution in [0.1, 0.15) is 44.2 Å². The first kappa shape index (κ1) is 20.9. The van der Waals surface area contributed by atoms with Crippen LogP contribution < -0.4 is 0 Å². The highest BCUT2D eigenvalue weighted by atomic mass is 16.5. The summed E-state index contributed by atoms with van der Waals surface area (Å²) in [5.74, 6) is -0.183. The summed E-state index contributed by atoms with van der Waals surface area (Å²) in [4.78, 5) is 14.9. The molecule has 1 atom stereocenters. The average molecular weight is 366 g/mol. The molecule has 0 aliphatic carbocycles. The minimum Gasteiger partial charge on any atom is -0.465 e. The molecular formula is C24H31NO2. The van der Waals surface area contributed by atoms with E-state index >= 15 is 0 Å². The van der Waals surface area contributed by atoms with Crippen LogP contribution in [-0.4, -0.2) is 23.5 Å². The summed E-state index contributed by atoms with van der Waals surface area (Å²) in [6.07, 6.45) is 7.39. The molecule has 0 amide bonds. The highest BCUT2D eigenvalue weighted by molar-refractivity contribution is 5.78. The third-order valence-electron chi connectivity index (χ3n) is 4.42. The lowest BCUT2D eigenvalue weighted by Crippen LogP contribution is -2.40. The van der Waals surface area contributed by atoms with Crippen LogP contribution in [0, 0.1) is 0 Å². The van der Waals surface area contributed by atoms with Crippen molar-refractivity contribution >= 4 is 5.97 Å². The fourth-order valence-electron chi connectivity index (χ4n) is 3.01. The Bertz CT molecular complexity index is 641. The molecule has 2 aromatic rings. The minimum atomic E-state index is -0.387. The molecule has 0 saturated carbocycles. The van der Waals surface area contributed by atoms with Gasteiger partial charge < -0.3 is 4.74 Å². The molecule has 0 unspecified atom stereocenters. The standard InChI is InChI=1S/C24H31NO2/c1-3-5-6-13-18-23(24(26)27-4-2)25(19-21-14-9-7-10-15-21)20-22-16-11-8-12-17-22/h7-18,23H,3-6,19-20H2,1-2H3/b18-13-/t23-/m1/s1. The van der Waals surface area contributed by atoms with Crippen molar-refractivity contribution in [3.05, 3.63) is 83.9 Å². The van der Waals surface area contributed by atoms with Gasteiger partial charge in [0.05, 0.1) is 6.61 Å². The van der Waals surface area contributed by atoms with E-state index in [4.69, 9.17) is 4.74 Å². The lowest BCUT2D eigenvalue weighted by atomic mass is 10.1. The molecule has 3 heteroatoms. The lowest BCUT2D eigenvalue weighted by molar-refractivity contribution is -0.148. The van der Waals surface area contributed by atoms with E-state index in [1.54, 1.807) is 0 Å². The van der Waals surface area contributed by atoms with Gasteiger partial charge in [0.1, 0.15) is 6.04 Å². The van der Waals surface area contributed by atoms with Crippen molar-refractivity contribution in [2.24, 2.45) is 0 Å². The van der Waals surface area contributed by atoms with Crippen LogP contribution in [0.15, 0.2) is 72.8 Å². The highest BCUT2D eigenvalue weighted by Gasteiger charge is 2.25. The molecule has 0 heterocycles. The van der Waals surface area contributed by atoms with Gasteiger partial charge in [0, 0.05) is 13.1 Å². The van der Waals surface area contributed by atoms with Crippen LogP contribution in [0.25, 0.3) is 0 Å². The monoisotopic (exact) mass is 365 g/mol. The second-order valence-electron chi connectivity index (χ2n) is 6.64. The maximum atomic E-state index is 12.7. The Hall–Kier alpha value is -2.39. The number of rotatable bonds is 11. The summed E-state index contributed by atoms with van der Waals surface area (Å²) >= 11 is 0. The Kier molecular flexibility index (Phi) is 9.36. The SMILES string of the molecule is CCCC/C=C\[C@H](C(=O)OCC)N(Cc1ccccc1)Cc1ccccc1. The Morgan fingerprint density at radius 2 is 1.52 bits per heavy atom. The number of hydrogen-bond donors (Lipinski definition) is 0. The van der Waals surface area contributed by atoms with Crippen molar-refractivity contribution in [1.29, 1.82) is 0 Å². The number of esters is 1. The number of ether oxygens (including phenoxy) is 1. The summed E-state index contributed by atoms with van der Waals surface area (Å²) < 4.78 is 5.39. The number of nitrogens with zero attached hydrogens (tertiary/aromatic N) is 1. The third kappa shape index (κ3) is 7.40. The van der Waals surface area contributed by atoms with Crippen LogP contribution in [0.5, 0.6) is 0 Å². The first-order valence-corrected chi connectivity index (χ1v) is 9.89. The van der Waals surface area contributed by atoms with Crippen LogP contribution in [0.4, 0.5) is 0 Å². The molecule has 0 aromatic heterocycles. The van der Waals surface area contributed by atoms with Crippen molar-refractivity contribution in [2.75, 3.05) is 6.61 Å². The van der Waals surface area contributed by atoms with Crippen LogP contribution in [-0.2, 0) is 22.6 Å². The van der Waals surface area contributed by atoms with Gasteiger partial charge in [0.2, 0.25) is 0 Å². The Balaban J connectivity index is 2.25. The summed E-state index contributed by atoms with van der Waals surface area (Å²) in [7, 11) is 0. The molecule has 0 radical (unpaired) electrons. The Morgan fingerprint density at radius 1 is 0.963 bits per heavy atom. The zero-order valence-electron chi connectivity index (χ0n) is 16.5. The van der Waals surface area contributed by atoms with Gasteiger partial charge in [-0.05, 0) is 24.5 Å². The third-order valence-corrected chi connectivity index (χ3v) is 4.42.